The van der Waals surface area contributed by atoms with Crippen molar-refractivity contribution in [3.05, 3.63) is 76.0 Å². The Hall–Kier alpha value is -2.77. The SMILES string of the molecule is O=C(O)C[C@H](NC(=O)c1csc(-c2ccccc2Cl)n1)c1cccc(F)c1. The molecule has 0 saturated heterocycles. The molecule has 2 aromatic carbocycles. The van der Waals surface area contributed by atoms with Gasteiger partial charge in [-0.1, -0.05) is 41.9 Å². The average molecular weight is 405 g/mol. The molecule has 3 aromatic rings. The Balaban J connectivity index is 1.82. The van der Waals surface area contributed by atoms with Crippen LogP contribution in [0.2, 0.25) is 5.02 Å². The van der Waals surface area contributed by atoms with Gasteiger partial charge in [-0.05, 0) is 23.8 Å². The quantitative estimate of drug-likeness (QED) is 0.631. The Morgan fingerprint density at radius 2 is 2.00 bits per heavy atom. The second-order valence-electron chi connectivity index (χ2n) is 5.70. The zero-order valence-electron chi connectivity index (χ0n) is 13.9. The topological polar surface area (TPSA) is 79.3 Å². The summed E-state index contributed by atoms with van der Waals surface area (Å²) < 4.78 is 13.5. The van der Waals surface area contributed by atoms with Gasteiger partial charge >= 0.3 is 5.97 Å². The molecule has 3 rings (SSSR count). The van der Waals surface area contributed by atoms with E-state index >= 15 is 0 Å². The number of aliphatic carboxylic acids is 1. The van der Waals surface area contributed by atoms with Gasteiger partial charge in [0.2, 0.25) is 0 Å². The van der Waals surface area contributed by atoms with Gasteiger partial charge in [0.25, 0.3) is 5.91 Å². The molecule has 0 aliphatic carbocycles. The van der Waals surface area contributed by atoms with Crippen molar-refractivity contribution in [1.29, 1.82) is 0 Å². The fourth-order valence-electron chi connectivity index (χ4n) is 2.52. The van der Waals surface area contributed by atoms with E-state index in [-0.39, 0.29) is 12.1 Å². The number of thiazole rings is 1. The average Bonchev–Trinajstić information content (AvgIpc) is 3.11. The molecule has 5 nitrogen and oxygen atoms in total. The first-order valence-electron chi connectivity index (χ1n) is 7.92. The van der Waals surface area contributed by atoms with Gasteiger partial charge in [0.05, 0.1) is 17.5 Å². The number of benzene rings is 2. The Bertz CT molecular complexity index is 992. The van der Waals surface area contributed by atoms with Gasteiger partial charge in [0.1, 0.15) is 16.5 Å². The Morgan fingerprint density at radius 1 is 1.22 bits per heavy atom. The maximum absolute atomic E-state index is 13.5. The van der Waals surface area contributed by atoms with Crippen LogP contribution >= 0.6 is 22.9 Å². The highest BCUT2D eigenvalue weighted by Crippen LogP contribution is 2.30. The summed E-state index contributed by atoms with van der Waals surface area (Å²) in [5.41, 5.74) is 1.21. The summed E-state index contributed by atoms with van der Waals surface area (Å²) in [4.78, 5) is 28.0. The van der Waals surface area contributed by atoms with E-state index in [9.17, 15) is 14.0 Å². The Morgan fingerprint density at radius 3 is 2.70 bits per heavy atom. The number of aromatic nitrogens is 1. The summed E-state index contributed by atoms with van der Waals surface area (Å²) in [6.45, 7) is 0. The van der Waals surface area contributed by atoms with Crippen LogP contribution in [0.3, 0.4) is 0 Å². The highest BCUT2D eigenvalue weighted by atomic mass is 35.5. The molecule has 1 heterocycles. The molecule has 1 aromatic heterocycles. The lowest BCUT2D eigenvalue weighted by atomic mass is 10.0. The lowest BCUT2D eigenvalue weighted by Gasteiger charge is -2.17. The predicted molar refractivity (Wildman–Crippen MR) is 101 cm³/mol. The number of hydrogen-bond acceptors (Lipinski definition) is 4. The lowest BCUT2D eigenvalue weighted by Crippen LogP contribution is -2.30. The van der Waals surface area contributed by atoms with Crippen molar-refractivity contribution < 1.29 is 19.1 Å². The van der Waals surface area contributed by atoms with Gasteiger partial charge in [-0.3, -0.25) is 9.59 Å². The standard InChI is InChI=1S/C19H14ClFN2O3S/c20-14-7-2-1-6-13(14)19-23-16(10-27-19)18(26)22-15(9-17(24)25)11-4-3-5-12(21)8-11/h1-8,10,15H,9H2,(H,22,26)(H,24,25)/t15-/m0/s1. The van der Waals surface area contributed by atoms with Crippen molar-refractivity contribution in [2.45, 2.75) is 12.5 Å². The number of amides is 1. The van der Waals surface area contributed by atoms with Gasteiger partial charge in [0.15, 0.2) is 0 Å². The second kappa shape index (κ2) is 8.28. The maximum atomic E-state index is 13.5. The first kappa shape index (κ1) is 19.0. The molecule has 138 valence electrons. The molecular weight excluding hydrogens is 391 g/mol. The molecule has 0 spiro atoms. The summed E-state index contributed by atoms with van der Waals surface area (Å²) >= 11 is 7.40. The Labute approximate surface area is 163 Å². The van der Waals surface area contributed by atoms with Gasteiger partial charge in [-0.2, -0.15) is 0 Å². The predicted octanol–water partition coefficient (Wildman–Crippen LogP) is 4.55. The van der Waals surface area contributed by atoms with Crippen LogP contribution < -0.4 is 5.32 Å². The van der Waals surface area contributed by atoms with E-state index in [2.05, 4.69) is 10.3 Å². The number of carboxylic acid groups (broad SMARTS) is 1. The monoisotopic (exact) mass is 404 g/mol. The minimum atomic E-state index is -1.11. The molecule has 1 atom stereocenters. The zero-order chi connectivity index (χ0) is 19.4. The number of halogens is 2. The molecule has 1 amide bonds. The van der Waals surface area contributed by atoms with Crippen LogP contribution in [0.5, 0.6) is 0 Å². The van der Waals surface area contributed by atoms with Crippen LogP contribution in [0, 0.1) is 5.82 Å². The van der Waals surface area contributed by atoms with Crippen LogP contribution in [-0.4, -0.2) is 22.0 Å². The molecule has 0 aliphatic rings. The summed E-state index contributed by atoms with van der Waals surface area (Å²) in [7, 11) is 0. The Kier molecular flexibility index (Phi) is 5.83. The van der Waals surface area contributed by atoms with E-state index in [0.717, 1.165) is 0 Å². The smallest absolute Gasteiger partial charge is 0.305 e. The largest absolute Gasteiger partial charge is 0.481 e. The number of rotatable bonds is 6. The van der Waals surface area contributed by atoms with Crippen molar-refractivity contribution in [2.75, 3.05) is 0 Å². The molecule has 0 bridgehead atoms. The molecular formula is C19H14ClFN2O3S. The molecule has 2 N–H and O–H groups in total. The van der Waals surface area contributed by atoms with Gasteiger partial charge in [-0.15, -0.1) is 11.3 Å². The summed E-state index contributed by atoms with van der Waals surface area (Å²) in [6.07, 6.45) is -0.378. The van der Waals surface area contributed by atoms with E-state index < -0.39 is 23.7 Å². The summed E-state index contributed by atoms with van der Waals surface area (Å²) in [6, 6.07) is 11.7. The van der Waals surface area contributed by atoms with E-state index in [1.807, 2.05) is 6.07 Å². The van der Waals surface area contributed by atoms with E-state index in [1.165, 1.54) is 29.5 Å². The van der Waals surface area contributed by atoms with Crippen LogP contribution in [0.25, 0.3) is 10.6 Å². The number of carbonyl (C=O) groups is 2. The number of hydrogen-bond donors (Lipinski definition) is 2. The molecule has 0 aliphatic heterocycles. The number of carboxylic acids is 1. The zero-order valence-corrected chi connectivity index (χ0v) is 15.4. The highest BCUT2D eigenvalue weighted by molar-refractivity contribution is 7.13. The third-order valence-corrected chi connectivity index (χ3v) is 4.98. The minimum Gasteiger partial charge on any atom is -0.481 e. The van der Waals surface area contributed by atoms with Crippen molar-refractivity contribution in [3.8, 4) is 10.6 Å². The first-order valence-corrected chi connectivity index (χ1v) is 9.18. The van der Waals surface area contributed by atoms with E-state index in [0.29, 0.717) is 21.2 Å². The van der Waals surface area contributed by atoms with Crippen molar-refractivity contribution in [1.82, 2.24) is 10.3 Å². The summed E-state index contributed by atoms with van der Waals surface area (Å²) in [5, 5.41) is 14.4. The summed E-state index contributed by atoms with van der Waals surface area (Å²) in [5.74, 6) is -2.16. The fraction of sp³-hybridized carbons (Fsp3) is 0.105. The van der Waals surface area contributed by atoms with Gasteiger partial charge in [0, 0.05) is 10.9 Å². The molecule has 0 radical (unpaired) electrons. The molecule has 8 heteroatoms. The van der Waals surface area contributed by atoms with Crippen molar-refractivity contribution >= 4 is 34.8 Å². The third kappa shape index (κ3) is 4.69. The fourth-order valence-corrected chi connectivity index (χ4v) is 3.64. The van der Waals surface area contributed by atoms with Gasteiger partial charge < -0.3 is 10.4 Å². The number of nitrogens with zero attached hydrogens (tertiary/aromatic N) is 1. The minimum absolute atomic E-state index is 0.140. The van der Waals surface area contributed by atoms with E-state index in [4.69, 9.17) is 16.7 Å². The number of nitrogens with one attached hydrogen (secondary N) is 1. The second-order valence-corrected chi connectivity index (χ2v) is 6.96. The normalized spacial score (nSPS) is 11.8. The third-order valence-electron chi connectivity index (χ3n) is 3.78. The van der Waals surface area contributed by atoms with Gasteiger partial charge in [-0.25, -0.2) is 9.37 Å². The first-order chi connectivity index (χ1) is 12.9. The van der Waals surface area contributed by atoms with Crippen LogP contribution in [-0.2, 0) is 4.79 Å². The van der Waals surface area contributed by atoms with Crippen LogP contribution in [0.15, 0.2) is 53.9 Å². The molecule has 27 heavy (non-hydrogen) atoms. The molecule has 0 unspecified atom stereocenters. The lowest BCUT2D eigenvalue weighted by molar-refractivity contribution is -0.137. The van der Waals surface area contributed by atoms with E-state index in [1.54, 1.807) is 29.6 Å². The van der Waals surface area contributed by atoms with Crippen LogP contribution in [0.1, 0.15) is 28.5 Å². The highest BCUT2D eigenvalue weighted by Gasteiger charge is 2.21. The van der Waals surface area contributed by atoms with Crippen LogP contribution in [0.4, 0.5) is 4.39 Å². The number of carbonyl (C=O) groups excluding carboxylic acids is 1. The maximum Gasteiger partial charge on any atom is 0.305 e. The molecule has 0 saturated carbocycles. The molecule has 0 fully saturated rings. The van der Waals surface area contributed by atoms with Crippen molar-refractivity contribution in [3.63, 3.8) is 0 Å². The van der Waals surface area contributed by atoms with Crippen molar-refractivity contribution in [2.24, 2.45) is 0 Å².